The smallest absolute Gasteiger partial charge is 0.271 e. The van der Waals surface area contributed by atoms with Gasteiger partial charge in [-0.1, -0.05) is 127 Å². The SMILES string of the molecule is CC1(c2ccc(Br)cc2)CCN(C2CC2)CC1.CC1(c2ccc(Br)cc2)CCNCC1.CC1(c2ccc(N)cc2)CCC(C2CC2)CC1.C[C@@H]1C(CC(=O)N(C)C)CCCN1c1cnc(C#N)c(Nc2ccc(C3(C)CCN(C4CC4)CC3)cc2)n1.C[C@@H]1[C@H](CC(=O)N(C)C)CCCN1c1cnc(C(N)=O)c(Nc2ccc(C3(C)CCN(C4CC4)CC3)cc2)n1. The van der Waals surface area contributed by atoms with Crippen LogP contribution >= 0.6 is 31.9 Å². The molecular weight excluding hydrogens is 1680 g/mol. The maximum absolute atomic E-state index is 12.4. The van der Waals surface area contributed by atoms with Crippen molar-refractivity contribution in [1.29, 1.82) is 5.26 Å². The van der Waals surface area contributed by atoms with Crippen molar-refractivity contribution in [2.75, 3.05) is 120 Å². The zero-order chi connectivity index (χ0) is 88.4. The van der Waals surface area contributed by atoms with Crippen LogP contribution in [0.4, 0.5) is 40.3 Å². The Balaban J connectivity index is 0.000000135. The first-order valence-corrected chi connectivity index (χ1v) is 49.0. The van der Waals surface area contributed by atoms with Gasteiger partial charge in [-0.2, -0.15) is 5.26 Å². The minimum Gasteiger partial charge on any atom is -0.399 e. The van der Waals surface area contributed by atoms with Gasteiger partial charge in [0.1, 0.15) is 17.7 Å². The molecule has 3 amide bonds. The summed E-state index contributed by atoms with van der Waals surface area (Å²) in [5.74, 6) is 4.55. The second-order valence-corrected chi connectivity index (χ2v) is 42.4. The number of hydrogen-bond donors (Lipinski definition) is 5. The number of nitrogens with two attached hydrogens (primary N) is 2. The van der Waals surface area contributed by atoms with Gasteiger partial charge in [0.2, 0.25) is 11.8 Å². The van der Waals surface area contributed by atoms with E-state index in [2.05, 4.69) is 246 Å². The molecule has 5 aliphatic carbocycles. The van der Waals surface area contributed by atoms with Crippen LogP contribution in [0.25, 0.3) is 0 Å². The van der Waals surface area contributed by atoms with Crippen molar-refractivity contribution in [3.63, 3.8) is 0 Å². The zero-order valence-electron chi connectivity index (χ0n) is 76.9. The molecule has 0 bridgehead atoms. The first-order valence-electron chi connectivity index (χ1n) is 47.4. The predicted octanol–water partition coefficient (Wildman–Crippen LogP) is 19.8. The topological polar surface area (TPSA) is 237 Å². The molecule has 7 aromatic rings. The number of hydrogen-bond acceptors (Lipinski definition) is 17. The maximum Gasteiger partial charge on any atom is 0.271 e. The highest BCUT2D eigenvalue weighted by atomic mass is 79.9. The molecule has 22 heteroatoms. The Morgan fingerprint density at radius 2 is 0.792 bits per heavy atom. The van der Waals surface area contributed by atoms with Gasteiger partial charge in [0.25, 0.3) is 5.91 Å². The zero-order valence-corrected chi connectivity index (χ0v) is 80.0. The highest BCUT2D eigenvalue weighted by Gasteiger charge is 2.43. The lowest BCUT2D eigenvalue weighted by Crippen LogP contribution is -2.45. The summed E-state index contributed by atoms with van der Waals surface area (Å²) in [5.41, 5.74) is 23.2. The number of aromatic nitrogens is 4. The van der Waals surface area contributed by atoms with E-state index >= 15 is 0 Å². The number of carbonyl (C=O) groups excluding carboxylic acids is 3. The Labute approximate surface area is 764 Å². The Kier molecular flexibility index (Phi) is 30.7. The fourth-order valence-electron chi connectivity index (χ4n) is 20.9. The molecule has 5 aromatic carbocycles. The fourth-order valence-corrected chi connectivity index (χ4v) is 21.4. The number of rotatable bonds is 20. The fraction of sp³-hybridized carbons (Fsp3) is 0.592. The monoisotopic (exact) mass is 1820 g/mol. The minimum absolute atomic E-state index is 0.117. The quantitative estimate of drug-likeness (QED) is 0.0446. The van der Waals surface area contributed by atoms with Crippen molar-refractivity contribution >= 4 is 89.9 Å². The van der Waals surface area contributed by atoms with E-state index in [1.807, 2.05) is 26.2 Å². The Morgan fingerprint density at radius 1 is 0.456 bits per heavy atom. The molecule has 7 N–H and O–H groups in total. The van der Waals surface area contributed by atoms with Crippen LogP contribution in [-0.2, 0) is 36.7 Å². The Morgan fingerprint density at radius 3 is 1.15 bits per heavy atom. The third-order valence-electron chi connectivity index (χ3n) is 31.0. The third-order valence-corrected chi connectivity index (χ3v) is 32.1. The molecular formula is C103H143Br2N17O3. The number of nitrogen functional groups attached to an aromatic ring is 1. The van der Waals surface area contributed by atoms with Crippen LogP contribution < -0.4 is 37.2 Å². The van der Waals surface area contributed by atoms with Crippen LogP contribution in [0.2, 0.25) is 0 Å². The van der Waals surface area contributed by atoms with Gasteiger partial charge in [-0.25, -0.2) is 19.9 Å². The highest BCUT2D eigenvalue weighted by molar-refractivity contribution is 9.10. The number of benzene rings is 5. The lowest BCUT2D eigenvalue weighted by Gasteiger charge is -2.40. The number of nitrogens with one attached hydrogen (secondary N) is 3. The summed E-state index contributed by atoms with van der Waals surface area (Å²) in [6, 6.07) is 48.4. The van der Waals surface area contributed by atoms with Crippen LogP contribution in [-0.4, -0.2) is 186 Å². The van der Waals surface area contributed by atoms with E-state index in [-0.39, 0.29) is 58.0 Å². The maximum atomic E-state index is 12.4. The largest absolute Gasteiger partial charge is 0.399 e. The molecule has 0 spiro atoms. The van der Waals surface area contributed by atoms with Crippen molar-refractivity contribution in [3.05, 3.63) is 182 Å². The number of amides is 3. The van der Waals surface area contributed by atoms with Crippen molar-refractivity contribution in [2.45, 2.75) is 273 Å². The molecule has 672 valence electrons. The van der Waals surface area contributed by atoms with Crippen molar-refractivity contribution < 1.29 is 14.4 Å². The molecule has 2 aromatic heterocycles. The summed E-state index contributed by atoms with van der Waals surface area (Å²) in [5, 5.41) is 19.8. The summed E-state index contributed by atoms with van der Waals surface area (Å²) in [6.07, 6.45) is 35.1. The number of halogens is 2. The Bertz CT molecular complexity index is 4660. The Hall–Kier alpha value is -8.04. The van der Waals surface area contributed by atoms with Gasteiger partial charge in [0.05, 0.1) is 12.4 Å². The van der Waals surface area contributed by atoms with E-state index in [1.54, 1.807) is 36.3 Å². The molecule has 0 radical (unpaired) electrons. The molecule has 20 nitrogen and oxygen atoms in total. The van der Waals surface area contributed by atoms with Gasteiger partial charge in [-0.15, -0.1) is 0 Å². The first-order chi connectivity index (χ1) is 60.0. The molecule has 6 saturated heterocycles. The summed E-state index contributed by atoms with van der Waals surface area (Å²) >= 11 is 6.99. The van der Waals surface area contributed by atoms with E-state index in [4.69, 9.17) is 21.4 Å². The number of likely N-dealkylation sites (tertiary alicyclic amines) is 3. The third kappa shape index (κ3) is 24.1. The summed E-state index contributed by atoms with van der Waals surface area (Å²) in [6.45, 7) is 27.6. The van der Waals surface area contributed by atoms with E-state index in [0.717, 1.165) is 105 Å². The number of carbonyl (C=O) groups is 3. The standard InChI is InChI=1S/C30H43N7O2.C30H41N7O.C16H23N.C15H20BrN.C12H16BrN/c1-20-21(18-26(38)35(3)4)6-5-15-37(20)25-19-32-27(28(31)39)29(34-25)33-23-9-7-22(8-10-23)30(2)13-16-36(17-14-30)24-11-12-24;1-21-22(18-28(38)35(3)4)6-5-15-37(21)27-20-32-26(19-31)29(34-27)33-24-9-7-23(8-10-24)30(2)13-16-36(17-14-30)25-11-12-25;1-16(14-4-6-15(17)7-5-14)10-8-13(9-11-16)12-2-3-12;1-15(12-2-4-13(16)5-3-12)8-10-17(11-9-15)14-6-7-14;1-12(6-8-14-9-7-12)10-2-4-11(13)5-3-10/h7-10,19-21,24H,5-6,11-18H2,1-4H3,(H2,31,39)(H,33,34);7-10,20-22,25H,5-6,11-18H2,1-4H3,(H,33,34);4-7,12-13H,2-3,8-11,17H2,1H3;2-5,14H,6-11H2,1H3;2-5,14H,6-9H2,1H3/t20-,21+;21-,22?;;;/m11.../s1. The summed E-state index contributed by atoms with van der Waals surface area (Å²) in [7, 11) is 7.21. The molecule has 5 saturated carbocycles. The van der Waals surface area contributed by atoms with Gasteiger partial charge in [0.15, 0.2) is 23.0 Å². The van der Waals surface area contributed by atoms with Gasteiger partial charge in [0, 0.05) is 110 Å². The molecule has 11 aliphatic rings. The number of anilines is 7. The van der Waals surface area contributed by atoms with Crippen LogP contribution in [0.5, 0.6) is 0 Å². The number of primary amides is 1. The van der Waals surface area contributed by atoms with Crippen LogP contribution in [0.15, 0.2) is 143 Å². The van der Waals surface area contributed by atoms with Crippen molar-refractivity contribution in [1.82, 2.24) is 49.8 Å². The van der Waals surface area contributed by atoms with Crippen LogP contribution in [0, 0.1) is 35.0 Å². The van der Waals surface area contributed by atoms with Gasteiger partial charge in [-0.05, 0) is 360 Å². The van der Waals surface area contributed by atoms with Gasteiger partial charge in [-0.3, -0.25) is 14.4 Å². The van der Waals surface area contributed by atoms with E-state index < -0.39 is 5.91 Å². The van der Waals surface area contributed by atoms with Crippen molar-refractivity contribution in [2.24, 2.45) is 29.4 Å². The minimum atomic E-state index is -0.621. The van der Waals surface area contributed by atoms with Gasteiger partial charge >= 0.3 is 0 Å². The van der Waals surface area contributed by atoms with Crippen molar-refractivity contribution in [3.8, 4) is 6.07 Å². The average Bonchev–Trinajstić information content (AvgIpc) is 0.840. The molecule has 6 aliphatic heterocycles. The first kappa shape index (κ1) is 93.1. The summed E-state index contributed by atoms with van der Waals surface area (Å²) < 4.78 is 2.35. The molecule has 18 rings (SSSR count). The second-order valence-electron chi connectivity index (χ2n) is 40.6. The van der Waals surface area contributed by atoms with Crippen LogP contribution in [0.3, 0.4) is 0 Å². The van der Waals surface area contributed by atoms with Crippen LogP contribution in [0.1, 0.15) is 259 Å². The predicted molar refractivity (Wildman–Crippen MR) is 517 cm³/mol. The van der Waals surface area contributed by atoms with E-state index in [9.17, 15) is 19.6 Å². The number of nitriles is 1. The normalized spacial score (nSPS) is 24.7. The second kappa shape index (κ2) is 41.2. The van der Waals surface area contributed by atoms with Gasteiger partial charge < -0.3 is 61.7 Å². The lowest BCUT2D eigenvalue weighted by atomic mass is 9.67. The molecule has 8 heterocycles. The van der Waals surface area contributed by atoms with E-state index in [0.29, 0.717) is 46.5 Å². The number of nitrogens with zero attached hydrogens (tertiary/aromatic N) is 12. The highest BCUT2D eigenvalue weighted by Crippen LogP contribution is 2.51. The molecule has 1 unspecified atom stereocenters. The molecule has 125 heavy (non-hydrogen) atoms. The number of piperidine rings is 6. The lowest BCUT2D eigenvalue weighted by molar-refractivity contribution is -0.130. The summed E-state index contributed by atoms with van der Waals surface area (Å²) in [4.78, 5) is 71.2. The molecule has 11 fully saturated rings. The average molecular weight is 1830 g/mol. The van der Waals surface area contributed by atoms with E-state index in [1.165, 1.54) is 204 Å². The molecule has 4 atom stereocenters.